The molecular weight excluding hydrogens is 322 g/mol. The van der Waals surface area contributed by atoms with Gasteiger partial charge in [0.1, 0.15) is 5.78 Å². The summed E-state index contributed by atoms with van der Waals surface area (Å²) in [6.07, 6.45) is 4.54. The fraction of sp³-hybridized carbons (Fsp3) is 0.842. The van der Waals surface area contributed by atoms with E-state index in [0.29, 0.717) is 27.9 Å². The Balaban J connectivity index is 1.67. The van der Waals surface area contributed by atoms with Crippen molar-refractivity contribution in [2.75, 3.05) is 7.05 Å². The largest absolute Gasteiger partial charge is 0.360 e. The third-order valence-electron chi connectivity index (χ3n) is 7.46. The molecule has 4 aliphatic rings. The number of aliphatic hydroxyl groups excluding tert-OH is 1. The van der Waals surface area contributed by atoms with Crippen molar-refractivity contribution in [1.82, 2.24) is 0 Å². The maximum atomic E-state index is 13.3. The second kappa shape index (κ2) is 5.83. The first kappa shape index (κ1) is 17.1. The number of fused-ring (bicyclic) bond motifs is 2. The number of Topliss-reactive ketones (excluding diaryl/α,β-unsaturated/α-hetero) is 1. The highest BCUT2D eigenvalue weighted by Crippen LogP contribution is 2.54. The molecule has 0 aromatic rings. The molecule has 2 saturated heterocycles. The SMILES string of the molecule is C=C1C(O)OC2(CC3C(=O)C4CCCCC4SC3C(C)C2C)[NH+]1C. The van der Waals surface area contributed by atoms with Crippen LogP contribution in [0.2, 0.25) is 0 Å². The highest BCUT2D eigenvalue weighted by molar-refractivity contribution is 8.00. The Morgan fingerprint density at radius 1 is 1.29 bits per heavy atom. The van der Waals surface area contributed by atoms with Crippen LogP contribution in [0.4, 0.5) is 0 Å². The lowest BCUT2D eigenvalue weighted by molar-refractivity contribution is -0.914. The minimum absolute atomic E-state index is 0.0635. The van der Waals surface area contributed by atoms with Gasteiger partial charge in [-0.2, -0.15) is 11.8 Å². The Hall–Kier alpha value is -0.360. The van der Waals surface area contributed by atoms with Crippen LogP contribution in [0.3, 0.4) is 0 Å². The van der Waals surface area contributed by atoms with Crippen LogP contribution in [-0.4, -0.2) is 40.5 Å². The van der Waals surface area contributed by atoms with Crippen LogP contribution in [0.1, 0.15) is 46.0 Å². The zero-order valence-electron chi connectivity index (χ0n) is 15.0. The molecule has 24 heavy (non-hydrogen) atoms. The van der Waals surface area contributed by atoms with E-state index < -0.39 is 12.0 Å². The van der Waals surface area contributed by atoms with Gasteiger partial charge in [-0.3, -0.25) is 14.4 Å². The van der Waals surface area contributed by atoms with Crippen molar-refractivity contribution in [2.45, 2.75) is 68.5 Å². The molecular formula is C19H30NO3S+. The minimum atomic E-state index is -0.912. The summed E-state index contributed by atoms with van der Waals surface area (Å²) < 4.78 is 6.09. The molecule has 134 valence electrons. The molecule has 4 nitrogen and oxygen atoms in total. The molecule has 0 radical (unpaired) electrons. The second-order valence-corrected chi connectivity index (χ2v) is 9.82. The average Bonchev–Trinajstić information content (AvgIpc) is 2.79. The Kier molecular flexibility index (Phi) is 4.15. The van der Waals surface area contributed by atoms with E-state index in [0.717, 1.165) is 17.7 Å². The predicted molar refractivity (Wildman–Crippen MR) is 94.4 cm³/mol. The number of carbonyl (C=O) groups is 1. The number of thioether (sulfide) groups is 1. The number of aliphatic hydroxyl groups is 1. The van der Waals surface area contributed by atoms with Crippen molar-refractivity contribution in [3.05, 3.63) is 12.3 Å². The maximum absolute atomic E-state index is 13.3. The molecule has 1 spiro atoms. The van der Waals surface area contributed by atoms with Gasteiger partial charge in [-0.25, -0.2) is 0 Å². The number of rotatable bonds is 0. The van der Waals surface area contributed by atoms with Gasteiger partial charge in [0.2, 0.25) is 12.0 Å². The fourth-order valence-corrected chi connectivity index (χ4v) is 7.78. The molecule has 0 amide bonds. The molecule has 4 rings (SSSR count). The Morgan fingerprint density at radius 2 is 2.00 bits per heavy atom. The number of hydrogen-bond acceptors (Lipinski definition) is 4. The molecule has 5 heteroatoms. The second-order valence-electron chi connectivity index (χ2n) is 8.40. The van der Waals surface area contributed by atoms with Gasteiger partial charge >= 0.3 is 0 Å². The maximum Gasteiger partial charge on any atom is 0.236 e. The summed E-state index contributed by atoms with van der Waals surface area (Å²) in [4.78, 5) is 14.3. The summed E-state index contributed by atoms with van der Waals surface area (Å²) in [5.41, 5.74) is 0.188. The molecule has 2 aliphatic heterocycles. The predicted octanol–water partition coefficient (Wildman–Crippen LogP) is 1.60. The fourth-order valence-electron chi connectivity index (χ4n) is 5.71. The summed E-state index contributed by atoms with van der Waals surface area (Å²) in [6, 6.07) is 0. The van der Waals surface area contributed by atoms with Crippen molar-refractivity contribution < 1.29 is 19.5 Å². The average molecular weight is 353 g/mol. The number of ketones is 1. The van der Waals surface area contributed by atoms with Crippen LogP contribution in [0, 0.1) is 23.7 Å². The van der Waals surface area contributed by atoms with E-state index in [9.17, 15) is 9.90 Å². The lowest BCUT2D eigenvalue weighted by atomic mass is 9.65. The van der Waals surface area contributed by atoms with Crippen LogP contribution >= 0.6 is 11.8 Å². The highest BCUT2D eigenvalue weighted by Gasteiger charge is 2.64. The lowest BCUT2D eigenvalue weighted by Crippen LogP contribution is -3.16. The summed E-state index contributed by atoms with van der Waals surface area (Å²) in [7, 11) is 2.03. The highest BCUT2D eigenvalue weighted by atomic mass is 32.2. The van der Waals surface area contributed by atoms with Crippen LogP contribution in [0.15, 0.2) is 12.3 Å². The zero-order valence-corrected chi connectivity index (χ0v) is 15.8. The molecule has 9 unspecified atom stereocenters. The summed E-state index contributed by atoms with van der Waals surface area (Å²) in [5.74, 6) is 1.47. The van der Waals surface area contributed by atoms with E-state index >= 15 is 0 Å². The van der Waals surface area contributed by atoms with Gasteiger partial charge < -0.3 is 5.11 Å². The number of quaternary nitrogens is 1. The normalized spacial score (nSPS) is 54.7. The smallest absolute Gasteiger partial charge is 0.236 e. The number of likely N-dealkylation sites (N-methyl/N-ethyl adjacent to an activating group) is 1. The van der Waals surface area contributed by atoms with Gasteiger partial charge in [0, 0.05) is 34.7 Å². The quantitative estimate of drug-likeness (QED) is 0.695. The van der Waals surface area contributed by atoms with Gasteiger partial charge in [0.05, 0.1) is 7.05 Å². The van der Waals surface area contributed by atoms with Gasteiger partial charge in [0.25, 0.3) is 0 Å². The first-order valence-electron chi connectivity index (χ1n) is 9.45. The van der Waals surface area contributed by atoms with Crippen LogP contribution in [0.25, 0.3) is 0 Å². The van der Waals surface area contributed by atoms with E-state index in [-0.39, 0.29) is 17.8 Å². The van der Waals surface area contributed by atoms with Crippen molar-refractivity contribution in [1.29, 1.82) is 0 Å². The van der Waals surface area contributed by atoms with Crippen LogP contribution < -0.4 is 4.90 Å². The van der Waals surface area contributed by atoms with E-state index in [1.165, 1.54) is 19.3 Å². The van der Waals surface area contributed by atoms with Gasteiger partial charge in [0.15, 0.2) is 5.70 Å². The molecule has 2 aliphatic carbocycles. The molecule has 0 aromatic heterocycles. The molecule has 4 fully saturated rings. The van der Waals surface area contributed by atoms with E-state index in [1.807, 2.05) is 7.05 Å². The van der Waals surface area contributed by atoms with E-state index in [2.05, 4.69) is 32.2 Å². The van der Waals surface area contributed by atoms with E-state index in [1.54, 1.807) is 0 Å². The molecule has 0 bridgehead atoms. The van der Waals surface area contributed by atoms with Crippen molar-refractivity contribution >= 4 is 17.5 Å². The lowest BCUT2D eigenvalue weighted by Gasteiger charge is -2.53. The van der Waals surface area contributed by atoms with Crippen molar-refractivity contribution in [3.8, 4) is 0 Å². The molecule has 2 saturated carbocycles. The summed E-state index contributed by atoms with van der Waals surface area (Å²) >= 11 is 2.09. The standard InChI is InChI=1S/C19H29NO3S/c1-10-11(2)19(20(4)12(3)18(22)23-19)9-14-16(21)13-7-5-6-8-15(13)24-17(10)14/h10-11,13-15,17-18,22H,3,5-9H2,1-2,4H3/p+1. The van der Waals surface area contributed by atoms with Gasteiger partial charge in [-0.05, 0) is 25.3 Å². The third-order valence-corrected chi connectivity index (χ3v) is 9.45. The van der Waals surface area contributed by atoms with Gasteiger partial charge in [-0.1, -0.05) is 26.7 Å². The molecule has 2 heterocycles. The zero-order chi connectivity index (χ0) is 17.2. The Labute approximate surface area is 149 Å². The molecule has 2 N–H and O–H groups in total. The monoisotopic (exact) mass is 352 g/mol. The summed E-state index contributed by atoms with van der Waals surface area (Å²) in [5, 5.41) is 11.1. The third kappa shape index (κ3) is 2.21. The minimum Gasteiger partial charge on any atom is -0.360 e. The Bertz CT molecular complexity index is 567. The summed E-state index contributed by atoms with van der Waals surface area (Å²) in [6.45, 7) is 8.52. The Morgan fingerprint density at radius 3 is 2.67 bits per heavy atom. The molecule has 0 aromatic carbocycles. The number of nitrogens with one attached hydrogen (secondary N) is 1. The van der Waals surface area contributed by atoms with Gasteiger partial charge in [-0.15, -0.1) is 0 Å². The van der Waals surface area contributed by atoms with Crippen molar-refractivity contribution in [2.24, 2.45) is 23.7 Å². The topological polar surface area (TPSA) is 51.0 Å². The number of ether oxygens (including phenoxy) is 1. The van der Waals surface area contributed by atoms with Crippen molar-refractivity contribution in [3.63, 3.8) is 0 Å². The first-order valence-corrected chi connectivity index (χ1v) is 10.4. The number of carbonyl (C=O) groups excluding carboxylic acids is 1. The van der Waals surface area contributed by atoms with E-state index in [4.69, 9.17) is 4.74 Å². The number of hydrogen-bond donors (Lipinski definition) is 2. The molecule has 9 atom stereocenters. The van der Waals surface area contributed by atoms with Crippen LogP contribution in [0.5, 0.6) is 0 Å². The first-order chi connectivity index (χ1) is 11.4. The van der Waals surface area contributed by atoms with Crippen LogP contribution in [-0.2, 0) is 9.53 Å².